The fourth-order valence-corrected chi connectivity index (χ4v) is 1.50. The molecular formula is C14H18N2O2. The molecule has 4 heteroatoms. The van der Waals surface area contributed by atoms with Crippen molar-refractivity contribution in [3.05, 3.63) is 29.8 Å². The molecule has 0 radical (unpaired) electrons. The van der Waals surface area contributed by atoms with E-state index in [9.17, 15) is 4.79 Å². The van der Waals surface area contributed by atoms with Crippen LogP contribution >= 0.6 is 0 Å². The van der Waals surface area contributed by atoms with Gasteiger partial charge in [-0.1, -0.05) is 12.1 Å². The lowest BCUT2D eigenvalue weighted by Gasteiger charge is -2.22. The Kier molecular flexibility index (Phi) is 4.73. The molecule has 0 fully saturated rings. The quantitative estimate of drug-likeness (QED) is 0.810. The summed E-state index contributed by atoms with van der Waals surface area (Å²) in [6.45, 7) is 4.16. The molecule has 1 aromatic carbocycles. The smallest absolute Gasteiger partial charge is 0.313 e. The number of esters is 1. The Morgan fingerprint density at radius 3 is 2.50 bits per heavy atom. The number of benzene rings is 1. The SMILES string of the molecule is COC(=O)C(C)(C)CNc1ccc(CC#N)cc1. The van der Waals surface area contributed by atoms with Crippen LogP contribution in [0.5, 0.6) is 0 Å². The molecule has 0 amide bonds. The number of hydrogen-bond acceptors (Lipinski definition) is 4. The molecule has 96 valence electrons. The van der Waals surface area contributed by atoms with Gasteiger partial charge in [0.1, 0.15) is 0 Å². The van der Waals surface area contributed by atoms with E-state index >= 15 is 0 Å². The van der Waals surface area contributed by atoms with Crippen molar-refractivity contribution in [3.63, 3.8) is 0 Å². The molecule has 1 N–H and O–H groups in total. The van der Waals surface area contributed by atoms with Crippen LogP contribution in [0.2, 0.25) is 0 Å². The van der Waals surface area contributed by atoms with Gasteiger partial charge in [-0.3, -0.25) is 4.79 Å². The van der Waals surface area contributed by atoms with Crippen LogP contribution in [0, 0.1) is 16.7 Å². The Morgan fingerprint density at radius 1 is 1.39 bits per heavy atom. The van der Waals surface area contributed by atoms with Crippen LogP contribution in [-0.4, -0.2) is 19.6 Å². The van der Waals surface area contributed by atoms with Gasteiger partial charge in [-0.25, -0.2) is 0 Å². The van der Waals surface area contributed by atoms with Gasteiger partial charge in [0.25, 0.3) is 0 Å². The van der Waals surface area contributed by atoms with E-state index in [1.165, 1.54) is 7.11 Å². The largest absolute Gasteiger partial charge is 0.469 e. The van der Waals surface area contributed by atoms with Crippen molar-refractivity contribution in [2.75, 3.05) is 19.0 Å². The summed E-state index contributed by atoms with van der Waals surface area (Å²) in [6.07, 6.45) is 0.411. The standard InChI is InChI=1S/C14H18N2O2/c1-14(2,13(17)18-3)10-16-12-6-4-11(5-7-12)8-9-15/h4-7,16H,8,10H2,1-3H3. The number of hydrogen-bond donors (Lipinski definition) is 1. The fourth-order valence-electron chi connectivity index (χ4n) is 1.50. The summed E-state index contributed by atoms with van der Waals surface area (Å²) < 4.78 is 4.74. The van der Waals surface area contributed by atoms with E-state index < -0.39 is 5.41 Å². The third kappa shape index (κ3) is 3.77. The Morgan fingerprint density at radius 2 is 2.00 bits per heavy atom. The van der Waals surface area contributed by atoms with Crippen LogP contribution in [0.4, 0.5) is 5.69 Å². The number of ether oxygens (including phenoxy) is 1. The maximum absolute atomic E-state index is 11.5. The Balaban J connectivity index is 2.59. The highest BCUT2D eigenvalue weighted by atomic mass is 16.5. The molecule has 0 aromatic heterocycles. The topological polar surface area (TPSA) is 62.1 Å². The molecule has 0 spiro atoms. The molecule has 1 rings (SSSR count). The van der Waals surface area contributed by atoms with Gasteiger partial charge >= 0.3 is 5.97 Å². The molecule has 0 aliphatic carbocycles. The number of rotatable bonds is 5. The van der Waals surface area contributed by atoms with Crippen LogP contribution < -0.4 is 5.32 Å². The van der Waals surface area contributed by atoms with Gasteiger partial charge < -0.3 is 10.1 Å². The number of nitrogens with one attached hydrogen (secondary N) is 1. The van der Waals surface area contributed by atoms with E-state index in [1.54, 1.807) is 0 Å². The molecule has 0 atom stereocenters. The Hall–Kier alpha value is -2.02. The first kappa shape index (κ1) is 14.0. The molecule has 1 aromatic rings. The highest BCUT2D eigenvalue weighted by Gasteiger charge is 2.28. The van der Waals surface area contributed by atoms with Crippen LogP contribution in [-0.2, 0) is 16.0 Å². The minimum Gasteiger partial charge on any atom is -0.469 e. The summed E-state index contributed by atoms with van der Waals surface area (Å²) >= 11 is 0. The number of methoxy groups -OCH3 is 1. The minimum absolute atomic E-state index is 0.240. The van der Waals surface area contributed by atoms with E-state index in [0.29, 0.717) is 13.0 Å². The van der Waals surface area contributed by atoms with Crippen LogP contribution in [0.3, 0.4) is 0 Å². The summed E-state index contributed by atoms with van der Waals surface area (Å²) in [7, 11) is 1.39. The van der Waals surface area contributed by atoms with Crippen molar-refractivity contribution < 1.29 is 9.53 Å². The second-order valence-corrected chi connectivity index (χ2v) is 4.76. The lowest BCUT2D eigenvalue weighted by molar-refractivity contribution is -0.149. The summed E-state index contributed by atoms with van der Waals surface area (Å²) in [4.78, 5) is 11.5. The zero-order chi connectivity index (χ0) is 13.6. The summed E-state index contributed by atoms with van der Waals surface area (Å²) in [5.41, 5.74) is 1.34. The van der Waals surface area contributed by atoms with Gasteiger partial charge in [0.15, 0.2) is 0 Å². The Labute approximate surface area is 108 Å². The molecule has 4 nitrogen and oxygen atoms in total. The first-order valence-corrected chi connectivity index (χ1v) is 5.78. The molecular weight excluding hydrogens is 228 g/mol. The van der Waals surface area contributed by atoms with E-state index in [0.717, 1.165) is 11.3 Å². The molecule has 0 unspecified atom stereocenters. The highest BCUT2D eigenvalue weighted by Crippen LogP contribution is 2.19. The van der Waals surface area contributed by atoms with E-state index in [4.69, 9.17) is 10.00 Å². The number of nitrogens with zero attached hydrogens (tertiary/aromatic N) is 1. The highest BCUT2D eigenvalue weighted by molar-refractivity contribution is 5.76. The van der Waals surface area contributed by atoms with Gasteiger partial charge in [0.05, 0.1) is 25.0 Å². The lowest BCUT2D eigenvalue weighted by Crippen LogP contribution is -2.33. The van der Waals surface area contributed by atoms with Crippen molar-refractivity contribution in [1.82, 2.24) is 0 Å². The lowest BCUT2D eigenvalue weighted by atomic mass is 9.93. The number of carbonyl (C=O) groups is 1. The number of carbonyl (C=O) groups excluding carboxylic acids is 1. The molecule has 0 saturated carbocycles. The molecule has 0 aliphatic rings. The van der Waals surface area contributed by atoms with Crippen molar-refractivity contribution in [2.45, 2.75) is 20.3 Å². The maximum Gasteiger partial charge on any atom is 0.313 e. The molecule has 0 aliphatic heterocycles. The van der Waals surface area contributed by atoms with Crippen molar-refractivity contribution in [3.8, 4) is 6.07 Å². The summed E-state index contributed by atoms with van der Waals surface area (Å²) in [5.74, 6) is -0.240. The third-order valence-corrected chi connectivity index (χ3v) is 2.71. The van der Waals surface area contributed by atoms with Crippen molar-refractivity contribution in [2.24, 2.45) is 5.41 Å². The average Bonchev–Trinajstić information content (AvgIpc) is 2.37. The van der Waals surface area contributed by atoms with E-state index in [1.807, 2.05) is 38.1 Å². The summed E-state index contributed by atoms with van der Waals surface area (Å²) in [6, 6.07) is 9.71. The van der Waals surface area contributed by atoms with Crippen LogP contribution in [0.1, 0.15) is 19.4 Å². The second kappa shape index (κ2) is 6.06. The predicted octanol–water partition coefficient (Wildman–Crippen LogP) is 2.36. The monoisotopic (exact) mass is 246 g/mol. The number of anilines is 1. The van der Waals surface area contributed by atoms with Crippen molar-refractivity contribution in [1.29, 1.82) is 5.26 Å². The molecule has 0 heterocycles. The predicted molar refractivity (Wildman–Crippen MR) is 70.0 cm³/mol. The normalized spacial score (nSPS) is 10.6. The van der Waals surface area contributed by atoms with E-state index in [-0.39, 0.29) is 5.97 Å². The van der Waals surface area contributed by atoms with Gasteiger partial charge in [0.2, 0.25) is 0 Å². The van der Waals surface area contributed by atoms with Crippen LogP contribution in [0.25, 0.3) is 0 Å². The van der Waals surface area contributed by atoms with Gasteiger partial charge in [-0.2, -0.15) is 5.26 Å². The van der Waals surface area contributed by atoms with Gasteiger partial charge in [-0.15, -0.1) is 0 Å². The average molecular weight is 246 g/mol. The third-order valence-electron chi connectivity index (χ3n) is 2.71. The van der Waals surface area contributed by atoms with Crippen molar-refractivity contribution >= 4 is 11.7 Å². The van der Waals surface area contributed by atoms with Crippen LogP contribution in [0.15, 0.2) is 24.3 Å². The minimum atomic E-state index is -0.569. The second-order valence-electron chi connectivity index (χ2n) is 4.76. The first-order valence-electron chi connectivity index (χ1n) is 5.78. The zero-order valence-electron chi connectivity index (χ0n) is 11.0. The van der Waals surface area contributed by atoms with Gasteiger partial charge in [0, 0.05) is 12.2 Å². The molecule has 18 heavy (non-hydrogen) atoms. The first-order chi connectivity index (χ1) is 8.49. The Bertz CT molecular complexity index is 444. The molecule has 0 saturated heterocycles. The van der Waals surface area contributed by atoms with Gasteiger partial charge in [-0.05, 0) is 31.5 Å². The summed E-state index contributed by atoms with van der Waals surface area (Å²) in [5, 5.41) is 11.8. The molecule has 0 bridgehead atoms. The fraction of sp³-hybridized carbons (Fsp3) is 0.429. The maximum atomic E-state index is 11.5. The van der Waals surface area contributed by atoms with E-state index in [2.05, 4.69) is 11.4 Å². The number of nitriles is 1. The zero-order valence-corrected chi connectivity index (χ0v) is 11.0.